The quantitative estimate of drug-likeness (QED) is 0.788. The number of para-hydroxylation sites is 1. The lowest BCUT2D eigenvalue weighted by molar-refractivity contribution is -0.132. The minimum absolute atomic E-state index is 0.00805. The molecule has 2 N–H and O–H groups in total. The van der Waals surface area contributed by atoms with Gasteiger partial charge in [0, 0.05) is 17.6 Å². The van der Waals surface area contributed by atoms with E-state index in [4.69, 9.17) is 0 Å². The molecule has 1 atom stereocenters. The lowest BCUT2D eigenvalue weighted by Gasteiger charge is -2.23. The third-order valence-corrected chi connectivity index (χ3v) is 3.85. The largest absolute Gasteiger partial charge is 0.342 e. The summed E-state index contributed by atoms with van der Waals surface area (Å²) in [4.78, 5) is 25.7. The second-order valence-corrected chi connectivity index (χ2v) is 5.50. The maximum atomic E-state index is 12.1. The number of likely N-dealkylation sites (N-methyl/N-ethyl adjacent to an activating group) is 1. The van der Waals surface area contributed by atoms with Gasteiger partial charge in [0.05, 0.1) is 18.3 Å². The van der Waals surface area contributed by atoms with E-state index < -0.39 is 0 Å². The van der Waals surface area contributed by atoms with E-state index in [1.54, 1.807) is 11.8 Å². The van der Waals surface area contributed by atoms with E-state index in [9.17, 15) is 9.59 Å². The van der Waals surface area contributed by atoms with Crippen LogP contribution in [0.5, 0.6) is 0 Å². The molecule has 1 aromatic rings. The zero-order valence-electron chi connectivity index (χ0n) is 12.6. The average molecular weight is 356 g/mol. The number of carbonyl (C=O) groups excluding carboxylic acids is 2. The van der Waals surface area contributed by atoms with Crippen molar-refractivity contribution in [1.82, 2.24) is 10.2 Å². The van der Waals surface area contributed by atoms with Crippen molar-refractivity contribution >= 4 is 33.4 Å². The molecule has 0 radical (unpaired) electrons. The molecule has 0 aliphatic rings. The van der Waals surface area contributed by atoms with Gasteiger partial charge in [-0.25, -0.2) is 0 Å². The molecule has 0 aliphatic heterocycles. The third kappa shape index (κ3) is 5.47. The first kappa shape index (κ1) is 17.7. The van der Waals surface area contributed by atoms with Gasteiger partial charge in [0.1, 0.15) is 0 Å². The Morgan fingerprint density at radius 2 is 1.86 bits per heavy atom. The Morgan fingerprint density at radius 3 is 2.43 bits per heavy atom. The molecular formula is C15H22BrN3O2. The number of hydrogen-bond donors (Lipinski definition) is 2. The normalized spacial score (nSPS) is 11.8. The average Bonchev–Trinajstić information content (AvgIpc) is 2.48. The summed E-state index contributed by atoms with van der Waals surface area (Å²) in [7, 11) is 0. The van der Waals surface area contributed by atoms with E-state index in [1.807, 2.05) is 38.1 Å². The number of rotatable bonds is 7. The van der Waals surface area contributed by atoms with E-state index in [0.717, 1.165) is 4.47 Å². The second-order valence-electron chi connectivity index (χ2n) is 4.64. The molecule has 0 aliphatic carbocycles. The van der Waals surface area contributed by atoms with Gasteiger partial charge >= 0.3 is 0 Å². The van der Waals surface area contributed by atoms with Gasteiger partial charge in [-0.3, -0.25) is 14.9 Å². The molecule has 1 aromatic carbocycles. The summed E-state index contributed by atoms with van der Waals surface area (Å²) in [5.74, 6) is -0.171. The lowest BCUT2D eigenvalue weighted by Crippen LogP contribution is -2.46. The summed E-state index contributed by atoms with van der Waals surface area (Å²) in [6.45, 7) is 7.08. The first-order valence-electron chi connectivity index (χ1n) is 7.06. The predicted molar refractivity (Wildman–Crippen MR) is 88.2 cm³/mol. The van der Waals surface area contributed by atoms with Crippen molar-refractivity contribution in [2.45, 2.75) is 26.8 Å². The van der Waals surface area contributed by atoms with Crippen LogP contribution in [0.4, 0.5) is 5.69 Å². The van der Waals surface area contributed by atoms with Gasteiger partial charge in [0.25, 0.3) is 0 Å². The Hall–Kier alpha value is -1.40. The predicted octanol–water partition coefficient (Wildman–Crippen LogP) is 2.23. The highest BCUT2D eigenvalue weighted by molar-refractivity contribution is 9.10. The van der Waals surface area contributed by atoms with E-state index in [-0.39, 0.29) is 24.4 Å². The van der Waals surface area contributed by atoms with Crippen molar-refractivity contribution in [1.29, 1.82) is 0 Å². The van der Waals surface area contributed by atoms with Gasteiger partial charge in [0.15, 0.2) is 0 Å². The van der Waals surface area contributed by atoms with Crippen LogP contribution in [0.1, 0.15) is 20.8 Å². The fourth-order valence-electron chi connectivity index (χ4n) is 1.90. The minimum atomic E-state index is -0.380. The molecule has 21 heavy (non-hydrogen) atoms. The van der Waals surface area contributed by atoms with Gasteiger partial charge in [-0.05, 0) is 48.8 Å². The molecule has 2 amide bonds. The molecule has 0 heterocycles. The summed E-state index contributed by atoms with van der Waals surface area (Å²) in [6, 6.07) is 7.01. The van der Waals surface area contributed by atoms with Crippen LogP contribution in [0.3, 0.4) is 0 Å². The van der Waals surface area contributed by atoms with Crippen molar-refractivity contribution in [3.05, 3.63) is 28.7 Å². The maximum absolute atomic E-state index is 12.1. The van der Waals surface area contributed by atoms with Crippen LogP contribution in [0.2, 0.25) is 0 Å². The Kier molecular flexibility index (Phi) is 7.39. The number of halogens is 1. The molecule has 0 spiro atoms. The van der Waals surface area contributed by atoms with Crippen molar-refractivity contribution in [2.75, 3.05) is 25.0 Å². The number of carbonyl (C=O) groups is 2. The fraction of sp³-hybridized carbons (Fsp3) is 0.467. The van der Waals surface area contributed by atoms with Crippen molar-refractivity contribution in [2.24, 2.45) is 0 Å². The standard InChI is InChI=1S/C15H22BrN3O2/c1-4-19(5-2)15(21)11(3)17-10-14(20)18-13-9-7-6-8-12(13)16/h6-9,11,17H,4-5,10H2,1-3H3,(H,18,20). The van der Waals surface area contributed by atoms with E-state index >= 15 is 0 Å². The lowest BCUT2D eigenvalue weighted by atomic mass is 10.2. The molecule has 5 nitrogen and oxygen atoms in total. The van der Waals surface area contributed by atoms with Gasteiger partial charge in [0.2, 0.25) is 11.8 Å². The Bertz CT molecular complexity index is 490. The number of hydrogen-bond acceptors (Lipinski definition) is 3. The van der Waals surface area contributed by atoms with E-state index in [1.165, 1.54) is 0 Å². The summed E-state index contributed by atoms with van der Waals surface area (Å²) < 4.78 is 0.825. The molecule has 6 heteroatoms. The van der Waals surface area contributed by atoms with Crippen molar-refractivity contribution in [3.8, 4) is 0 Å². The smallest absolute Gasteiger partial charge is 0.239 e. The third-order valence-electron chi connectivity index (χ3n) is 3.16. The Balaban J connectivity index is 2.46. The van der Waals surface area contributed by atoms with Crippen molar-refractivity contribution in [3.63, 3.8) is 0 Å². The first-order valence-corrected chi connectivity index (χ1v) is 7.85. The van der Waals surface area contributed by atoms with Crippen LogP contribution in [-0.2, 0) is 9.59 Å². The van der Waals surface area contributed by atoms with Crippen LogP contribution in [0.25, 0.3) is 0 Å². The second kappa shape index (κ2) is 8.79. The summed E-state index contributed by atoms with van der Waals surface area (Å²) in [5, 5.41) is 5.74. The summed E-state index contributed by atoms with van der Waals surface area (Å²) >= 11 is 3.37. The van der Waals surface area contributed by atoms with E-state index in [0.29, 0.717) is 18.8 Å². The van der Waals surface area contributed by atoms with Gasteiger partial charge in [-0.15, -0.1) is 0 Å². The van der Waals surface area contributed by atoms with E-state index in [2.05, 4.69) is 26.6 Å². The Labute approximate surface area is 134 Å². The van der Waals surface area contributed by atoms with Crippen LogP contribution >= 0.6 is 15.9 Å². The molecule has 0 bridgehead atoms. The first-order chi connectivity index (χ1) is 9.99. The number of amides is 2. The molecule has 0 aromatic heterocycles. The topological polar surface area (TPSA) is 61.4 Å². The molecule has 1 rings (SSSR count). The molecule has 0 saturated heterocycles. The van der Waals surface area contributed by atoms with Gasteiger partial charge < -0.3 is 10.2 Å². The molecule has 0 saturated carbocycles. The van der Waals surface area contributed by atoms with Crippen molar-refractivity contribution < 1.29 is 9.59 Å². The zero-order chi connectivity index (χ0) is 15.8. The highest BCUT2D eigenvalue weighted by Crippen LogP contribution is 2.20. The number of anilines is 1. The number of benzene rings is 1. The molecular weight excluding hydrogens is 334 g/mol. The number of nitrogens with zero attached hydrogens (tertiary/aromatic N) is 1. The summed E-state index contributed by atoms with van der Waals surface area (Å²) in [5.41, 5.74) is 0.715. The Morgan fingerprint density at radius 1 is 1.24 bits per heavy atom. The maximum Gasteiger partial charge on any atom is 0.239 e. The van der Waals surface area contributed by atoms with Crippen LogP contribution in [0.15, 0.2) is 28.7 Å². The highest BCUT2D eigenvalue weighted by Gasteiger charge is 2.18. The fourth-order valence-corrected chi connectivity index (χ4v) is 2.28. The van der Waals surface area contributed by atoms with Crippen LogP contribution in [-0.4, -0.2) is 42.4 Å². The monoisotopic (exact) mass is 355 g/mol. The van der Waals surface area contributed by atoms with Gasteiger partial charge in [-0.1, -0.05) is 12.1 Å². The molecule has 1 unspecified atom stereocenters. The van der Waals surface area contributed by atoms with Crippen LogP contribution < -0.4 is 10.6 Å². The minimum Gasteiger partial charge on any atom is -0.342 e. The highest BCUT2D eigenvalue weighted by atomic mass is 79.9. The SMILES string of the molecule is CCN(CC)C(=O)C(C)NCC(=O)Nc1ccccc1Br. The number of nitrogens with one attached hydrogen (secondary N) is 2. The summed E-state index contributed by atoms with van der Waals surface area (Å²) in [6.07, 6.45) is 0. The molecule has 0 fully saturated rings. The molecule has 116 valence electrons. The van der Waals surface area contributed by atoms with Gasteiger partial charge in [-0.2, -0.15) is 0 Å². The van der Waals surface area contributed by atoms with Crippen LogP contribution in [0, 0.1) is 0 Å². The zero-order valence-corrected chi connectivity index (χ0v) is 14.2.